The highest BCUT2D eigenvalue weighted by Gasteiger charge is 2.13. The highest BCUT2D eigenvalue weighted by atomic mass is 32.1. The Morgan fingerprint density at radius 2 is 1.21 bits per heavy atom. The van der Waals surface area contributed by atoms with Gasteiger partial charge >= 0.3 is 11.9 Å². The first-order valence-corrected chi connectivity index (χ1v) is 9.22. The Hall–Kier alpha value is -2.06. The van der Waals surface area contributed by atoms with Gasteiger partial charge in [-0.1, -0.05) is 0 Å². The molecule has 24 heavy (non-hydrogen) atoms. The number of unbranched alkanes of at least 4 members (excludes halogenated alkanes) is 3. The Bertz CT molecular complexity index is 617. The number of carbonyl (C=O) groups is 2. The van der Waals surface area contributed by atoms with E-state index < -0.39 is 11.9 Å². The fourth-order valence-electron chi connectivity index (χ4n) is 2.06. The van der Waals surface area contributed by atoms with E-state index >= 15 is 0 Å². The molecule has 0 amide bonds. The van der Waals surface area contributed by atoms with Crippen LogP contribution in [0.2, 0.25) is 0 Å². The minimum Gasteiger partial charge on any atom is -0.492 e. The Kier molecular flexibility index (Phi) is 7.07. The molecule has 2 aromatic heterocycles. The second-order valence-electron chi connectivity index (χ2n) is 4.95. The molecular formula is C16H18O6S2. The molecule has 0 aromatic carbocycles. The second kappa shape index (κ2) is 9.29. The number of ether oxygens (including phenoxy) is 2. The first-order chi connectivity index (χ1) is 11.6. The van der Waals surface area contributed by atoms with Crippen molar-refractivity contribution in [3.8, 4) is 11.5 Å². The molecule has 0 saturated heterocycles. The summed E-state index contributed by atoms with van der Waals surface area (Å²) in [6, 6.07) is 3.34. The van der Waals surface area contributed by atoms with Crippen molar-refractivity contribution in [2.24, 2.45) is 0 Å². The summed E-state index contributed by atoms with van der Waals surface area (Å²) in [6.45, 7) is 0.955. The van der Waals surface area contributed by atoms with Gasteiger partial charge in [-0.25, -0.2) is 9.59 Å². The lowest BCUT2D eigenvalue weighted by Crippen LogP contribution is -2.03. The van der Waals surface area contributed by atoms with Crippen LogP contribution in [0.25, 0.3) is 0 Å². The molecular weight excluding hydrogens is 352 g/mol. The van der Waals surface area contributed by atoms with Gasteiger partial charge in [0.05, 0.1) is 13.2 Å². The van der Waals surface area contributed by atoms with Gasteiger partial charge in [0.2, 0.25) is 0 Å². The molecule has 130 valence electrons. The molecule has 0 aliphatic rings. The SMILES string of the molecule is O=C(O)c1sccc1OCCCCCCOc1ccsc1C(=O)O. The van der Waals surface area contributed by atoms with Crippen molar-refractivity contribution < 1.29 is 29.3 Å². The molecule has 0 aliphatic heterocycles. The monoisotopic (exact) mass is 370 g/mol. The van der Waals surface area contributed by atoms with Crippen LogP contribution < -0.4 is 9.47 Å². The smallest absolute Gasteiger partial charge is 0.349 e. The van der Waals surface area contributed by atoms with E-state index in [0.717, 1.165) is 48.4 Å². The van der Waals surface area contributed by atoms with E-state index in [9.17, 15) is 9.59 Å². The van der Waals surface area contributed by atoms with Crippen LogP contribution in [0, 0.1) is 0 Å². The van der Waals surface area contributed by atoms with Gasteiger partial charge in [-0.2, -0.15) is 0 Å². The van der Waals surface area contributed by atoms with Crippen molar-refractivity contribution in [2.75, 3.05) is 13.2 Å². The number of aromatic carboxylic acids is 2. The molecule has 0 aliphatic carbocycles. The minimum atomic E-state index is -0.966. The quantitative estimate of drug-likeness (QED) is 0.575. The zero-order valence-corrected chi connectivity index (χ0v) is 14.5. The lowest BCUT2D eigenvalue weighted by atomic mass is 10.2. The van der Waals surface area contributed by atoms with Crippen LogP contribution >= 0.6 is 22.7 Å². The number of carboxylic acids is 2. The molecule has 6 nitrogen and oxygen atoms in total. The van der Waals surface area contributed by atoms with Crippen molar-refractivity contribution in [2.45, 2.75) is 25.7 Å². The topological polar surface area (TPSA) is 93.1 Å². The van der Waals surface area contributed by atoms with E-state index in [4.69, 9.17) is 19.7 Å². The van der Waals surface area contributed by atoms with Crippen LogP contribution in [0.1, 0.15) is 45.0 Å². The summed E-state index contributed by atoms with van der Waals surface area (Å²) in [4.78, 5) is 22.3. The number of carboxylic acid groups (broad SMARTS) is 2. The van der Waals surface area contributed by atoms with E-state index in [1.165, 1.54) is 0 Å². The van der Waals surface area contributed by atoms with Crippen molar-refractivity contribution >= 4 is 34.6 Å². The second-order valence-corrected chi connectivity index (χ2v) is 6.78. The van der Waals surface area contributed by atoms with Crippen LogP contribution in [-0.4, -0.2) is 35.4 Å². The van der Waals surface area contributed by atoms with E-state index in [1.807, 2.05) is 0 Å². The molecule has 0 fully saturated rings. The maximum absolute atomic E-state index is 10.9. The minimum absolute atomic E-state index is 0.230. The molecule has 2 heterocycles. The normalized spacial score (nSPS) is 10.5. The molecule has 2 rings (SSSR count). The van der Waals surface area contributed by atoms with Gasteiger partial charge in [-0.05, 0) is 48.6 Å². The Balaban J connectivity index is 1.56. The Morgan fingerprint density at radius 3 is 1.58 bits per heavy atom. The lowest BCUT2D eigenvalue weighted by molar-refractivity contribution is 0.0686. The lowest BCUT2D eigenvalue weighted by Gasteiger charge is -2.07. The summed E-state index contributed by atoms with van der Waals surface area (Å²) in [5, 5.41) is 21.3. The van der Waals surface area contributed by atoms with Gasteiger partial charge in [0.1, 0.15) is 11.5 Å². The van der Waals surface area contributed by atoms with Gasteiger partial charge in [0.25, 0.3) is 0 Å². The van der Waals surface area contributed by atoms with Gasteiger partial charge < -0.3 is 19.7 Å². The molecule has 0 saturated carbocycles. The third kappa shape index (κ3) is 5.24. The zero-order chi connectivity index (χ0) is 17.4. The summed E-state index contributed by atoms with van der Waals surface area (Å²) < 4.78 is 11.0. The Morgan fingerprint density at radius 1 is 0.792 bits per heavy atom. The summed E-state index contributed by atoms with van der Waals surface area (Å²) in [5.74, 6) is -1.08. The summed E-state index contributed by atoms with van der Waals surface area (Å²) in [5.41, 5.74) is 0. The fraction of sp³-hybridized carbons (Fsp3) is 0.375. The third-order valence-electron chi connectivity index (χ3n) is 3.20. The molecule has 2 aromatic rings. The predicted molar refractivity (Wildman–Crippen MR) is 92.0 cm³/mol. The van der Waals surface area contributed by atoms with E-state index in [-0.39, 0.29) is 9.75 Å². The van der Waals surface area contributed by atoms with Crippen LogP contribution in [0.15, 0.2) is 22.9 Å². The fourth-order valence-corrected chi connectivity index (χ4v) is 3.40. The maximum atomic E-state index is 10.9. The zero-order valence-electron chi connectivity index (χ0n) is 12.9. The molecule has 0 bridgehead atoms. The van der Waals surface area contributed by atoms with E-state index in [2.05, 4.69) is 0 Å². The third-order valence-corrected chi connectivity index (χ3v) is 4.97. The first-order valence-electron chi connectivity index (χ1n) is 7.46. The predicted octanol–water partition coefficient (Wildman–Crippen LogP) is 4.22. The van der Waals surface area contributed by atoms with Gasteiger partial charge in [-0.3, -0.25) is 0 Å². The van der Waals surface area contributed by atoms with Crippen molar-refractivity contribution in [3.05, 3.63) is 32.6 Å². The molecule has 0 radical (unpaired) electrons. The highest BCUT2D eigenvalue weighted by Crippen LogP contribution is 2.26. The molecule has 0 unspecified atom stereocenters. The number of rotatable bonds is 11. The number of thiophene rings is 2. The standard InChI is InChI=1S/C16H18O6S2/c17-15(18)13-11(5-9-23-13)21-7-3-1-2-4-8-22-12-6-10-24-14(12)16(19)20/h5-6,9-10H,1-4,7-8H2,(H,17,18)(H,19,20). The molecule has 2 N–H and O–H groups in total. The van der Waals surface area contributed by atoms with Crippen LogP contribution in [0.4, 0.5) is 0 Å². The average Bonchev–Trinajstić information content (AvgIpc) is 3.18. The van der Waals surface area contributed by atoms with Gasteiger partial charge in [-0.15, -0.1) is 22.7 Å². The van der Waals surface area contributed by atoms with Crippen LogP contribution in [0.3, 0.4) is 0 Å². The summed E-state index contributed by atoms with van der Waals surface area (Å²) in [6.07, 6.45) is 3.53. The van der Waals surface area contributed by atoms with Crippen molar-refractivity contribution in [1.82, 2.24) is 0 Å². The Labute approximate surface area is 147 Å². The number of hydrogen-bond acceptors (Lipinski definition) is 6. The maximum Gasteiger partial charge on any atom is 0.349 e. The largest absolute Gasteiger partial charge is 0.492 e. The molecule has 0 atom stereocenters. The van der Waals surface area contributed by atoms with Crippen molar-refractivity contribution in [1.29, 1.82) is 0 Å². The number of hydrogen-bond donors (Lipinski definition) is 2. The van der Waals surface area contributed by atoms with Crippen molar-refractivity contribution in [3.63, 3.8) is 0 Å². The first kappa shape index (κ1) is 18.3. The molecule has 8 heteroatoms. The summed E-state index contributed by atoms with van der Waals surface area (Å²) in [7, 11) is 0. The van der Waals surface area contributed by atoms with Gasteiger partial charge in [0.15, 0.2) is 9.75 Å². The van der Waals surface area contributed by atoms with Gasteiger partial charge in [0, 0.05) is 0 Å². The summed E-state index contributed by atoms with van der Waals surface area (Å²) >= 11 is 2.30. The average molecular weight is 370 g/mol. The van der Waals surface area contributed by atoms with E-state index in [0.29, 0.717) is 24.7 Å². The van der Waals surface area contributed by atoms with Crippen LogP contribution in [-0.2, 0) is 0 Å². The molecule has 0 spiro atoms. The van der Waals surface area contributed by atoms with E-state index in [1.54, 1.807) is 22.9 Å². The van der Waals surface area contributed by atoms with Crippen LogP contribution in [0.5, 0.6) is 11.5 Å². The highest BCUT2D eigenvalue weighted by molar-refractivity contribution is 7.12.